The van der Waals surface area contributed by atoms with E-state index in [1.54, 1.807) is 17.1 Å². The Morgan fingerprint density at radius 2 is 2.21 bits per heavy atom. The van der Waals surface area contributed by atoms with Crippen molar-refractivity contribution in [3.05, 3.63) is 17.4 Å². The van der Waals surface area contributed by atoms with Crippen molar-refractivity contribution in [1.82, 2.24) is 20.0 Å². The quantitative estimate of drug-likeness (QED) is 0.704. The molecule has 0 aromatic carbocycles. The zero-order valence-corrected chi connectivity index (χ0v) is 12.5. The molecule has 0 unspecified atom stereocenters. The normalized spacial score (nSPS) is 10.9. The molecule has 1 aromatic rings. The highest BCUT2D eigenvalue weighted by Crippen LogP contribution is 2.04. The van der Waals surface area contributed by atoms with E-state index in [1.807, 2.05) is 0 Å². The van der Waals surface area contributed by atoms with Gasteiger partial charge in [-0.15, -0.1) is 0 Å². The molecule has 1 aromatic heterocycles. The molecule has 5 nitrogen and oxygen atoms in total. The molecule has 19 heavy (non-hydrogen) atoms. The van der Waals surface area contributed by atoms with Gasteiger partial charge in [-0.2, -0.15) is 5.10 Å². The summed E-state index contributed by atoms with van der Waals surface area (Å²) in [4.78, 5) is 14.0. The van der Waals surface area contributed by atoms with Crippen molar-refractivity contribution in [2.75, 3.05) is 26.2 Å². The molecule has 0 saturated carbocycles. The molecule has 1 rings (SSSR count). The maximum Gasteiger partial charge on any atom is 0.221 e. The lowest BCUT2D eigenvalue weighted by molar-refractivity contribution is -0.121. The van der Waals surface area contributed by atoms with E-state index < -0.39 is 0 Å². The van der Waals surface area contributed by atoms with E-state index in [9.17, 15) is 4.79 Å². The van der Waals surface area contributed by atoms with Crippen molar-refractivity contribution in [3.8, 4) is 0 Å². The van der Waals surface area contributed by atoms with Crippen LogP contribution in [0.1, 0.15) is 26.7 Å². The first-order valence-corrected chi connectivity index (χ1v) is 7.20. The minimum atomic E-state index is 0.0613. The predicted octanol–water partition coefficient (Wildman–Crippen LogP) is 1.77. The van der Waals surface area contributed by atoms with Crippen LogP contribution >= 0.6 is 11.6 Å². The van der Waals surface area contributed by atoms with Gasteiger partial charge < -0.3 is 10.2 Å². The molecule has 0 saturated heterocycles. The summed E-state index contributed by atoms with van der Waals surface area (Å²) in [7, 11) is 0. The van der Waals surface area contributed by atoms with Gasteiger partial charge in [0, 0.05) is 25.7 Å². The van der Waals surface area contributed by atoms with Gasteiger partial charge in [-0.05, 0) is 26.1 Å². The standard InChI is InChI=1S/C13H23ClN4O/c1-3-17(4-2)8-5-7-15-13(19)6-9-18-11-12(14)10-16-18/h10-11H,3-9H2,1-2H3,(H,15,19). The number of hydrogen-bond acceptors (Lipinski definition) is 3. The highest BCUT2D eigenvalue weighted by Gasteiger charge is 2.03. The Labute approximate surface area is 119 Å². The fourth-order valence-corrected chi connectivity index (χ4v) is 1.99. The van der Waals surface area contributed by atoms with Crippen LogP contribution in [0.15, 0.2) is 12.4 Å². The van der Waals surface area contributed by atoms with E-state index in [2.05, 4.69) is 29.2 Å². The summed E-state index contributed by atoms with van der Waals surface area (Å²) in [5.74, 6) is 0.0613. The van der Waals surface area contributed by atoms with Crippen LogP contribution in [0.5, 0.6) is 0 Å². The lowest BCUT2D eigenvalue weighted by Crippen LogP contribution is -2.30. The minimum absolute atomic E-state index is 0.0613. The summed E-state index contributed by atoms with van der Waals surface area (Å²) in [6, 6.07) is 0. The second kappa shape index (κ2) is 8.93. The van der Waals surface area contributed by atoms with Crippen LogP contribution in [0.2, 0.25) is 5.02 Å². The predicted molar refractivity (Wildman–Crippen MR) is 77.3 cm³/mol. The molecule has 0 fully saturated rings. The Bertz CT molecular complexity index is 376. The van der Waals surface area contributed by atoms with Crippen molar-refractivity contribution in [2.45, 2.75) is 33.2 Å². The average Bonchev–Trinajstić information content (AvgIpc) is 2.82. The second-order valence-electron chi connectivity index (χ2n) is 4.40. The number of hydrogen-bond donors (Lipinski definition) is 1. The zero-order chi connectivity index (χ0) is 14.1. The van der Waals surface area contributed by atoms with Gasteiger partial charge in [-0.25, -0.2) is 0 Å². The fourth-order valence-electron chi connectivity index (χ4n) is 1.84. The van der Waals surface area contributed by atoms with Crippen LogP contribution in [0.4, 0.5) is 0 Å². The monoisotopic (exact) mass is 286 g/mol. The second-order valence-corrected chi connectivity index (χ2v) is 4.84. The maximum atomic E-state index is 11.6. The Morgan fingerprint density at radius 3 is 2.79 bits per heavy atom. The summed E-state index contributed by atoms with van der Waals surface area (Å²) >= 11 is 5.75. The third-order valence-corrected chi connectivity index (χ3v) is 3.23. The van der Waals surface area contributed by atoms with E-state index in [1.165, 1.54) is 0 Å². The van der Waals surface area contributed by atoms with E-state index in [0.29, 0.717) is 18.0 Å². The van der Waals surface area contributed by atoms with Crippen molar-refractivity contribution in [3.63, 3.8) is 0 Å². The largest absolute Gasteiger partial charge is 0.356 e. The van der Waals surface area contributed by atoms with Crippen LogP contribution in [0.25, 0.3) is 0 Å². The first-order chi connectivity index (χ1) is 9.15. The van der Waals surface area contributed by atoms with Crippen LogP contribution in [-0.2, 0) is 11.3 Å². The molecule has 108 valence electrons. The summed E-state index contributed by atoms with van der Waals surface area (Å²) in [6.07, 6.45) is 4.71. The zero-order valence-electron chi connectivity index (χ0n) is 11.7. The first kappa shape index (κ1) is 16.0. The summed E-state index contributed by atoms with van der Waals surface area (Å²) in [6.45, 7) is 8.75. The van der Waals surface area contributed by atoms with Crippen molar-refractivity contribution in [1.29, 1.82) is 0 Å². The molecule has 0 aliphatic rings. The van der Waals surface area contributed by atoms with Gasteiger partial charge in [0.15, 0.2) is 0 Å². The third-order valence-electron chi connectivity index (χ3n) is 3.04. The SMILES string of the molecule is CCN(CC)CCCNC(=O)CCn1cc(Cl)cn1. The summed E-state index contributed by atoms with van der Waals surface area (Å²) < 4.78 is 1.68. The number of amides is 1. The molecule has 0 aliphatic carbocycles. The highest BCUT2D eigenvalue weighted by atomic mass is 35.5. The van der Waals surface area contributed by atoms with Crippen LogP contribution in [0, 0.1) is 0 Å². The molecule has 1 N–H and O–H groups in total. The van der Waals surface area contributed by atoms with Crippen LogP contribution in [-0.4, -0.2) is 46.8 Å². The van der Waals surface area contributed by atoms with E-state index in [0.717, 1.165) is 32.6 Å². The van der Waals surface area contributed by atoms with Gasteiger partial charge in [-0.3, -0.25) is 9.48 Å². The Balaban J connectivity index is 2.08. The summed E-state index contributed by atoms with van der Waals surface area (Å²) in [5, 5.41) is 7.55. The molecule has 6 heteroatoms. The summed E-state index contributed by atoms with van der Waals surface area (Å²) in [5.41, 5.74) is 0. The number of nitrogens with one attached hydrogen (secondary N) is 1. The van der Waals surface area contributed by atoms with Gasteiger partial charge in [0.1, 0.15) is 0 Å². The van der Waals surface area contributed by atoms with Gasteiger partial charge in [0.05, 0.1) is 11.2 Å². The number of aromatic nitrogens is 2. The first-order valence-electron chi connectivity index (χ1n) is 6.82. The van der Waals surface area contributed by atoms with Crippen molar-refractivity contribution in [2.24, 2.45) is 0 Å². The molecule has 0 radical (unpaired) electrons. The van der Waals surface area contributed by atoms with Crippen molar-refractivity contribution < 1.29 is 4.79 Å². The molecule has 0 bridgehead atoms. The Hall–Kier alpha value is -1.07. The number of nitrogens with zero attached hydrogens (tertiary/aromatic N) is 3. The van der Waals surface area contributed by atoms with E-state index >= 15 is 0 Å². The molecular weight excluding hydrogens is 264 g/mol. The lowest BCUT2D eigenvalue weighted by atomic mass is 10.3. The smallest absolute Gasteiger partial charge is 0.221 e. The van der Waals surface area contributed by atoms with Gasteiger partial charge in [0.25, 0.3) is 0 Å². The third kappa shape index (κ3) is 6.59. The number of halogens is 1. The van der Waals surface area contributed by atoms with E-state index in [-0.39, 0.29) is 5.91 Å². The average molecular weight is 287 g/mol. The fraction of sp³-hybridized carbons (Fsp3) is 0.692. The molecule has 0 spiro atoms. The number of carbonyl (C=O) groups excluding carboxylic acids is 1. The van der Waals surface area contributed by atoms with Crippen LogP contribution in [0.3, 0.4) is 0 Å². The maximum absolute atomic E-state index is 11.6. The molecule has 1 amide bonds. The molecule has 1 heterocycles. The van der Waals surface area contributed by atoms with Gasteiger partial charge >= 0.3 is 0 Å². The lowest BCUT2D eigenvalue weighted by Gasteiger charge is -2.17. The number of rotatable bonds is 9. The molecular formula is C13H23ClN4O. The van der Waals surface area contributed by atoms with Gasteiger partial charge in [-0.1, -0.05) is 25.4 Å². The van der Waals surface area contributed by atoms with E-state index in [4.69, 9.17) is 11.6 Å². The highest BCUT2D eigenvalue weighted by molar-refractivity contribution is 6.30. The Morgan fingerprint density at radius 1 is 1.47 bits per heavy atom. The molecule has 0 atom stereocenters. The van der Waals surface area contributed by atoms with Gasteiger partial charge in [0.2, 0.25) is 5.91 Å². The topological polar surface area (TPSA) is 50.2 Å². The number of carbonyl (C=O) groups is 1. The van der Waals surface area contributed by atoms with Crippen molar-refractivity contribution >= 4 is 17.5 Å². The Kier molecular flexibility index (Phi) is 7.52. The van der Waals surface area contributed by atoms with Crippen LogP contribution < -0.4 is 5.32 Å². The minimum Gasteiger partial charge on any atom is -0.356 e. The molecule has 0 aliphatic heterocycles. The number of aryl methyl sites for hydroxylation is 1.